The number of alkyl halides is 3. The Labute approximate surface area is 220 Å². The van der Waals surface area contributed by atoms with Crippen LogP contribution in [0.1, 0.15) is 30.4 Å². The van der Waals surface area contributed by atoms with E-state index in [1.807, 2.05) is 18.2 Å². The van der Waals surface area contributed by atoms with Gasteiger partial charge >= 0.3 is 6.36 Å². The van der Waals surface area contributed by atoms with Crippen LogP contribution >= 0.6 is 0 Å². The predicted octanol–water partition coefficient (Wildman–Crippen LogP) is 4.20. The summed E-state index contributed by atoms with van der Waals surface area (Å²) in [6.45, 7) is 1.05. The second-order valence-electron chi connectivity index (χ2n) is 9.98. The molecule has 39 heavy (non-hydrogen) atoms. The molecule has 3 N–H and O–H groups in total. The highest BCUT2D eigenvalue weighted by atomic mass is 19.4. The van der Waals surface area contributed by atoms with E-state index in [-0.39, 0.29) is 29.5 Å². The number of carbonyl (C=O) groups is 1. The number of aryl methyl sites for hydroxylation is 1. The van der Waals surface area contributed by atoms with Gasteiger partial charge in [-0.25, -0.2) is 5.10 Å². The quantitative estimate of drug-likeness (QED) is 0.364. The first-order chi connectivity index (χ1) is 18.7. The number of halogens is 3. The van der Waals surface area contributed by atoms with Crippen molar-refractivity contribution >= 4 is 28.3 Å². The molecule has 202 valence electrons. The fourth-order valence-electron chi connectivity index (χ4n) is 5.16. The fourth-order valence-corrected chi connectivity index (χ4v) is 5.16. The zero-order valence-corrected chi connectivity index (χ0v) is 20.8. The maximum Gasteiger partial charge on any atom is 0.573 e. The van der Waals surface area contributed by atoms with E-state index in [0.717, 1.165) is 23.2 Å². The smallest absolute Gasteiger partial charge is 0.406 e. The Bertz CT molecular complexity index is 1640. The topological polar surface area (TPSA) is 119 Å². The van der Waals surface area contributed by atoms with Crippen molar-refractivity contribution < 1.29 is 22.7 Å². The highest BCUT2D eigenvalue weighted by molar-refractivity contribution is 6.01. The molecule has 2 aliphatic rings. The zero-order valence-electron chi connectivity index (χ0n) is 20.8. The summed E-state index contributed by atoms with van der Waals surface area (Å²) in [5.41, 5.74) is 9.62. The second kappa shape index (κ2) is 9.44. The lowest BCUT2D eigenvalue weighted by Crippen LogP contribution is -2.30. The number of nitrogen functional groups attached to an aromatic ring is 1. The number of carbonyl (C=O) groups excluding carboxylic acids is 1. The number of fused-ring (bicyclic) bond motifs is 2. The van der Waals surface area contributed by atoms with Gasteiger partial charge in [0.05, 0.1) is 11.8 Å². The van der Waals surface area contributed by atoms with Crippen molar-refractivity contribution in [1.82, 2.24) is 20.0 Å². The third-order valence-electron chi connectivity index (χ3n) is 7.18. The zero-order chi connectivity index (χ0) is 27.3. The first-order valence-corrected chi connectivity index (χ1v) is 12.7. The van der Waals surface area contributed by atoms with Crippen molar-refractivity contribution in [3.8, 4) is 17.0 Å². The molecule has 6 rings (SSSR count). The number of hydrogen-bond donors (Lipinski definition) is 2. The lowest BCUT2D eigenvalue weighted by molar-refractivity contribution is -0.274. The molecule has 2 aromatic heterocycles. The molecule has 0 saturated heterocycles. The molecule has 4 aromatic rings. The molecule has 1 saturated carbocycles. The maximum absolute atomic E-state index is 13.1. The first-order valence-electron chi connectivity index (χ1n) is 12.7. The Hall–Kier alpha value is -4.35. The average Bonchev–Trinajstić information content (AvgIpc) is 3.48. The van der Waals surface area contributed by atoms with Crippen LogP contribution in [-0.2, 0) is 24.2 Å². The molecule has 1 amide bonds. The van der Waals surface area contributed by atoms with Crippen molar-refractivity contribution in [3.05, 3.63) is 63.9 Å². The monoisotopic (exact) mass is 538 g/mol. The maximum atomic E-state index is 13.1. The van der Waals surface area contributed by atoms with Crippen LogP contribution in [0.2, 0.25) is 0 Å². The number of nitrogens with one attached hydrogen (secondary N) is 1. The summed E-state index contributed by atoms with van der Waals surface area (Å²) in [6.07, 6.45) is -0.957. The van der Waals surface area contributed by atoms with Crippen LogP contribution in [0.4, 0.5) is 24.7 Å². The van der Waals surface area contributed by atoms with Crippen LogP contribution < -0.4 is 20.9 Å². The molecule has 0 atom stereocenters. The molecule has 12 heteroatoms. The van der Waals surface area contributed by atoms with Gasteiger partial charge in [-0.2, -0.15) is 10.2 Å². The number of benzene rings is 2. The summed E-state index contributed by atoms with van der Waals surface area (Å²) < 4.78 is 43.4. The number of H-pyrrole nitrogens is 1. The molecule has 2 aromatic carbocycles. The van der Waals surface area contributed by atoms with E-state index in [4.69, 9.17) is 10.8 Å². The minimum atomic E-state index is -4.80. The minimum absolute atomic E-state index is 0.0722. The standard InChI is InChI=1S/C27H25F3N6O3/c28-27(29,30)39-19-3-1-2-16(12-19)13-21(37)35-10-9-17-14-18(6-7-20(17)35)23-22-24(26(38)33-32-25(22)31)36(34-23)11-8-15-4-5-15/h1-3,6-7,12,14-15H,4-5,8-11,13H2,(H2,31,32)(H,33,38). The Kier molecular flexibility index (Phi) is 6.04. The summed E-state index contributed by atoms with van der Waals surface area (Å²) in [5, 5.41) is 11.7. The van der Waals surface area contributed by atoms with Crippen LogP contribution in [0.25, 0.3) is 22.2 Å². The van der Waals surface area contributed by atoms with Crippen molar-refractivity contribution in [2.75, 3.05) is 17.2 Å². The number of aromatic amines is 1. The molecule has 0 spiro atoms. The van der Waals surface area contributed by atoms with Crippen LogP contribution in [-0.4, -0.2) is 38.8 Å². The Morgan fingerprint density at radius 2 is 2.00 bits per heavy atom. The van der Waals surface area contributed by atoms with Crippen LogP contribution in [0.5, 0.6) is 5.75 Å². The van der Waals surface area contributed by atoms with E-state index in [0.29, 0.717) is 47.6 Å². The van der Waals surface area contributed by atoms with Gasteiger partial charge < -0.3 is 15.4 Å². The highest BCUT2D eigenvalue weighted by Crippen LogP contribution is 2.37. The molecule has 0 bridgehead atoms. The third-order valence-corrected chi connectivity index (χ3v) is 7.18. The number of hydrogen-bond acceptors (Lipinski definition) is 6. The summed E-state index contributed by atoms with van der Waals surface area (Å²) in [6, 6.07) is 11.0. The SMILES string of the molecule is Nc1n[nH]c(=O)c2c1c(-c1ccc3c(c1)CCN3C(=O)Cc1cccc(OC(F)(F)F)c1)nn2CCC1CC1. The number of ether oxygens (including phenoxy) is 1. The molecule has 1 aliphatic carbocycles. The Morgan fingerprint density at radius 3 is 2.77 bits per heavy atom. The van der Waals surface area contributed by atoms with Gasteiger partial charge in [-0.15, -0.1) is 13.2 Å². The normalized spacial score (nSPS) is 15.1. The molecule has 0 unspecified atom stereocenters. The van der Waals surface area contributed by atoms with Gasteiger partial charge in [0.15, 0.2) is 5.82 Å². The number of aromatic nitrogens is 4. The number of nitrogens with two attached hydrogens (primary N) is 1. The highest BCUT2D eigenvalue weighted by Gasteiger charge is 2.31. The largest absolute Gasteiger partial charge is 0.573 e. The lowest BCUT2D eigenvalue weighted by atomic mass is 10.0. The van der Waals surface area contributed by atoms with Gasteiger partial charge in [0.2, 0.25) is 5.91 Å². The lowest BCUT2D eigenvalue weighted by Gasteiger charge is -2.18. The molecule has 9 nitrogen and oxygen atoms in total. The Morgan fingerprint density at radius 1 is 1.18 bits per heavy atom. The van der Waals surface area contributed by atoms with E-state index in [1.165, 1.54) is 31.0 Å². The first kappa shape index (κ1) is 25.0. The number of anilines is 2. The van der Waals surface area contributed by atoms with Gasteiger partial charge in [0.25, 0.3) is 5.56 Å². The van der Waals surface area contributed by atoms with E-state index >= 15 is 0 Å². The molecule has 1 aliphatic heterocycles. The molecular weight excluding hydrogens is 513 g/mol. The van der Waals surface area contributed by atoms with E-state index in [2.05, 4.69) is 14.9 Å². The van der Waals surface area contributed by atoms with Gasteiger partial charge in [-0.1, -0.05) is 31.0 Å². The van der Waals surface area contributed by atoms with Crippen molar-refractivity contribution in [1.29, 1.82) is 0 Å². The average molecular weight is 539 g/mol. The number of rotatable bonds is 7. The van der Waals surface area contributed by atoms with Gasteiger partial charge in [0.1, 0.15) is 17.0 Å². The molecule has 3 heterocycles. The third kappa shape index (κ3) is 5.06. The summed E-state index contributed by atoms with van der Waals surface area (Å²) in [4.78, 5) is 27.4. The molecular formula is C27H25F3N6O3. The predicted molar refractivity (Wildman–Crippen MR) is 138 cm³/mol. The Balaban J connectivity index is 1.27. The summed E-state index contributed by atoms with van der Waals surface area (Å²) in [5.74, 6) is 0.247. The van der Waals surface area contributed by atoms with Gasteiger partial charge in [-0.05, 0) is 54.2 Å². The van der Waals surface area contributed by atoms with Gasteiger partial charge in [0, 0.05) is 24.3 Å². The second-order valence-corrected chi connectivity index (χ2v) is 9.98. The van der Waals surface area contributed by atoms with Crippen LogP contribution in [0.3, 0.4) is 0 Å². The fraction of sp³-hybridized carbons (Fsp3) is 0.333. The number of nitrogens with zero attached hydrogens (tertiary/aromatic N) is 4. The van der Waals surface area contributed by atoms with E-state index in [1.54, 1.807) is 15.6 Å². The molecule has 1 fully saturated rings. The summed E-state index contributed by atoms with van der Waals surface area (Å²) >= 11 is 0. The van der Waals surface area contributed by atoms with Crippen molar-refractivity contribution in [3.63, 3.8) is 0 Å². The van der Waals surface area contributed by atoms with Crippen molar-refractivity contribution in [2.45, 2.75) is 45.0 Å². The number of amides is 1. The van der Waals surface area contributed by atoms with Crippen LogP contribution in [0.15, 0.2) is 47.3 Å². The summed E-state index contributed by atoms with van der Waals surface area (Å²) in [7, 11) is 0. The molecule has 0 radical (unpaired) electrons. The van der Waals surface area contributed by atoms with Gasteiger partial charge in [-0.3, -0.25) is 14.3 Å². The van der Waals surface area contributed by atoms with Crippen LogP contribution in [0, 0.1) is 5.92 Å². The van der Waals surface area contributed by atoms with Crippen molar-refractivity contribution in [2.24, 2.45) is 5.92 Å². The van der Waals surface area contributed by atoms with E-state index in [9.17, 15) is 22.8 Å². The minimum Gasteiger partial charge on any atom is -0.406 e. The van der Waals surface area contributed by atoms with E-state index < -0.39 is 6.36 Å².